The van der Waals surface area contributed by atoms with Crippen LogP contribution in [-0.2, 0) is 0 Å². The van der Waals surface area contributed by atoms with E-state index in [-0.39, 0.29) is 30.3 Å². The number of amides is 2. The molecule has 0 unspecified atom stereocenters. The van der Waals surface area contributed by atoms with Crippen LogP contribution in [0.5, 0.6) is 0 Å². The molecule has 0 saturated carbocycles. The molecule has 0 bridgehead atoms. The summed E-state index contributed by atoms with van der Waals surface area (Å²) in [5.74, 6) is -1.25. The van der Waals surface area contributed by atoms with Gasteiger partial charge in [-0.1, -0.05) is 6.07 Å². The molecule has 21 heavy (non-hydrogen) atoms. The van der Waals surface area contributed by atoms with Crippen molar-refractivity contribution in [3.05, 3.63) is 59.9 Å². The first-order valence-corrected chi connectivity index (χ1v) is 6.25. The van der Waals surface area contributed by atoms with Crippen LogP contribution in [0.25, 0.3) is 0 Å². The van der Waals surface area contributed by atoms with E-state index in [2.05, 4.69) is 20.6 Å². The van der Waals surface area contributed by atoms with Crippen LogP contribution in [0.2, 0.25) is 0 Å². The third kappa shape index (κ3) is 4.34. The summed E-state index contributed by atoms with van der Waals surface area (Å²) in [6, 6.07) is 5.38. The van der Waals surface area contributed by atoms with Crippen molar-refractivity contribution >= 4 is 11.8 Å². The van der Waals surface area contributed by atoms with Crippen molar-refractivity contribution in [2.24, 2.45) is 0 Å². The van der Waals surface area contributed by atoms with Gasteiger partial charge in [0, 0.05) is 31.0 Å². The summed E-state index contributed by atoms with van der Waals surface area (Å²) in [6.07, 6.45) is 4.23. The second-order valence-corrected chi connectivity index (χ2v) is 4.11. The third-order valence-electron chi connectivity index (χ3n) is 2.58. The topological polar surface area (TPSA) is 84.0 Å². The van der Waals surface area contributed by atoms with Gasteiger partial charge in [-0.2, -0.15) is 0 Å². The number of carbonyl (C=O) groups excluding carboxylic acids is 2. The Morgan fingerprint density at radius 1 is 1.10 bits per heavy atom. The number of hydrogen-bond donors (Lipinski definition) is 2. The SMILES string of the molecule is O=C(NCCNC(=O)c1cnccn1)c1cccc(F)c1. The van der Waals surface area contributed by atoms with E-state index in [1.54, 1.807) is 0 Å². The lowest BCUT2D eigenvalue weighted by Crippen LogP contribution is -2.35. The Bertz CT molecular complexity index is 634. The number of halogens is 1. The minimum absolute atomic E-state index is 0.203. The van der Waals surface area contributed by atoms with Crippen molar-refractivity contribution in [2.75, 3.05) is 13.1 Å². The van der Waals surface area contributed by atoms with Crippen molar-refractivity contribution < 1.29 is 14.0 Å². The normalized spacial score (nSPS) is 9.95. The zero-order valence-electron chi connectivity index (χ0n) is 11.0. The van der Waals surface area contributed by atoms with Crippen LogP contribution in [0, 0.1) is 5.82 Å². The molecule has 0 saturated heterocycles. The fourth-order valence-corrected chi connectivity index (χ4v) is 1.59. The molecule has 2 aromatic rings. The van der Waals surface area contributed by atoms with Crippen LogP contribution < -0.4 is 10.6 Å². The Kier molecular flexibility index (Phi) is 4.92. The maximum atomic E-state index is 13.0. The van der Waals surface area contributed by atoms with Crippen LogP contribution in [0.3, 0.4) is 0 Å². The first-order chi connectivity index (χ1) is 10.2. The fraction of sp³-hybridized carbons (Fsp3) is 0.143. The first-order valence-electron chi connectivity index (χ1n) is 6.25. The molecule has 2 amide bonds. The number of nitrogens with one attached hydrogen (secondary N) is 2. The summed E-state index contributed by atoms with van der Waals surface area (Å²) in [4.78, 5) is 31.0. The van der Waals surface area contributed by atoms with Gasteiger partial charge >= 0.3 is 0 Å². The van der Waals surface area contributed by atoms with Gasteiger partial charge in [-0.15, -0.1) is 0 Å². The molecule has 1 heterocycles. The van der Waals surface area contributed by atoms with E-state index in [1.165, 1.54) is 36.8 Å². The maximum Gasteiger partial charge on any atom is 0.271 e. The molecule has 0 fully saturated rings. The number of nitrogens with zero attached hydrogens (tertiary/aromatic N) is 2. The van der Waals surface area contributed by atoms with Crippen molar-refractivity contribution in [3.63, 3.8) is 0 Å². The molecule has 0 atom stereocenters. The average Bonchev–Trinajstić information content (AvgIpc) is 2.52. The molecule has 0 aliphatic rings. The summed E-state index contributed by atoms with van der Waals surface area (Å²) in [6.45, 7) is 0.456. The Labute approximate surface area is 120 Å². The number of rotatable bonds is 5. The van der Waals surface area contributed by atoms with E-state index in [9.17, 15) is 14.0 Å². The molecule has 1 aromatic carbocycles. The average molecular weight is 288 g/mol. The van der Waals surface area contributed by atoms with Gasteiger partial charge < -0.3 is 10.6 Å². The fourth-order valence-electron chi connectivity index (χ4n) is 1.59. The van der Waals surface area contributed by atoms with Gasteiger partial charge in [-0.25, -0.2) is 9.37 Å². The molecular formula is C14H13FN4O2. The second kappa shape index (κ2) is 7.09. The number of aromatic nitrogens is 2. The van der Waals surface area contributed by atoms with Crippen LogP contribution in [0.1, 0.15) is 20.8 Å². The Balaban J connectivity index is 1.75. The quantitative estimate of drug-likeness (QED) is 0.796. The zero-order valence-corrected chi connectivity index (χ0v) is 11.0. The second-order valence-electron chi connectivity index (χ2n) is 4.11. The molecular weight excluding hydrogens is 275 g/mol. The summed E-state index contributed by atoms with van der Waals surface area (Å²) in [5, 5.41) is 5.16. The van der Waals surface area contributed by atoms with E-state index < -0.39 is 11.7 Å². The largest absolute Gasteiger partial charge is 0.350 e. The minimum atomic E-state index is -0.474. The number of hydrogen-bond acceptors (Lipinski definition) is 4. The van der Waals surface area contributed by atoms with Gasteiger partial charge in [0.1, 0.15) is 11.5 Å². The Morgan fingerprint density at radius 2 is 1.86 bits per heavy atom. The van der Waals surface area contributed by atoms with E-state index in [1.807, 2.05) is 0 Å². The van der Waals surface area contributed by atoms with Gasteiger partial charge in [-0.05, 0) is 18.2 Å². The van der Waals surface area contributed by atoms with Gasteiger partial charge in [0.25, 0.3) is 11.8 Å². The predicted octanol–water partition coefficient (Wildman–Crippen LogP) is 0.776. The lowest BCUT2D eigenvalue weighted by atomic mass is 10.2. The molecule has 0 spiro atoms. The van der Waals surface area contributed by atoms with Crippen molar-refractivity contribution in [1.82, 2.24) is 20.6 Å². The Morgan fingerprint density at radius 3 is 2.52 bits per heavy atom. The highest BCUT2D eigenvalue weighted by molar-refractivity contribution is 5.94. The highest BCUT2D eigenvalue weighted by atomic mass is 19.1. The molecule has 1 aromatic heterocycles. The van der Waals surface area contributed by atoms with Gasteiger partial charge in [0.15, 0.2) is 0 Å². The lowest BCUT2D eigenvalue weighted by Gasteiger charge is -2.06. The highest BCUT2D eigenvalue weighted by Crippen LogP contribution is 2.02. The van der Waals surface area contributed by atoms with Crippen LogP contribution in [0.4, 0.5) is 4.39 Å². The van der Waals surface area contributed by atoms with Gasteiger partial charge in [0.05, 0.1) is 6.20 Å². The van der Waals surface area contributed by atoms with Crippen LogP contribution in [0.15, 0.2) is 42.9 Å². The van der Waals surface area contributed by atoms with E-state index in [0.717, 1.165) is 6.07 Å². The molecule has 7 heteroatoms. The summed E-state index contributed by atoms with van der Waals surface area (Å²) in [7, 11) is 0. The number of benzene rings is 1. The molecule has 0 aliphatic carbocycles. The van der Waals surface area contributed by atoms with Crippen LogP contribution in [-0.4, -0.2) is 34.9 Å². The van der Waals surface area contributed by atoms with Gasteiger partial charge in [0.2, 0.25) is 0 Å². The summed E-state index contributed by atoms with van der Waals surface area (Å²) >= 11 is 0. The zero-order chi connectivity index (χ0) is 15.1. The van der Waals surface area contributed by atoms with Crippen molar-refractivity contribution in [1.29, 1.82) is 0 Å². The summed E-state index contributed by atoms with van der Waals surface area (Å²) < 4.78 is 13.0. The van der Waals surface area contributed by atoms with E-state index in [4.69, 9.17) is 0 Å². The van der Waals surface area contributed by atoms with Crippen molar-refractivity contribution in [2.45, 2.75) is 0 Å². The maximum absolute atomic E-state index is 13.0. The molecule has 6 nitrogen and oxygen atoms in total. The molecule has 2 rings (SSSR count). The number of carbonyl (C=O) groups is 2. The summed E-state index contributed by atoms with van der Waals surface area (Å²) in [5.41, 5.74) is 0.434. The molecule has 0 aliphatic heterocycles. The predicted molar refractivity (Wildman–Crippen MR) is 73.1 cm³/mol. The molecule has 0 radical (unpaired) electrons. The van der Waals surface area contributed by atoms with E-state index >= 15 is 0 Å². The third-order valence-corrected chi connectivity index (χ3v) is 2.58. The van der Waals surface area contributed by atoms with Gasteiger partial charge in [-0.3, -0.25) is 14.6 Å². The smallest absolute Gasteiger partial charge is 0.271 e. The minimum Gasteiger partial charge on any atom is -0.350 e. The standard InChI is InChI=1S/C14H13FN4O2/c15-11-3-1-2-10(8-11)13(20)18-6-7-19-14(21)12-9-16-4-5-17-12/h1-5,8-9H,6-7H2,(H,18,20)(H,19,21). The van der Waals surface area contributed by atoms with Crippen LogP contribution >= 0.6 is 0 Å². The molecule has 108 valence electrons. The first kappa shape index (κ1) is 14.6. The Hall–Kier alpha value is -2.83. The van der Waals surface area contributed by atoms with Crippen molar-refractivity contribution in [3.8, 4) is 0 Å². The van der Waals surface area contributed by atoms with E-state index in [0.29, 0.717) is 0 Å². The monoisotopic (exact) mass is 288 g/mol. The lowest BCUT2D eigenvalue weighted by molar-refractivity contribution is 0.0924. The molecule has 2 N–H and O–H groups in total. The highest BCUT2D eigenvalue weighted by Gasteiger charge is 2.07.